The number of rotatable bonds is 3. The molecule has 2 heterocycles. The molecule has 120 valence electrons. The van der Waals surface area contributed by atoms with Gasteiger partial charge in [-0.25, -0.2) is 9.18 Å². The van der Waals surface area contributed by atoms with Crippen molar-refractivity contribution >= 4 is 11.6 Å². The lowest BCUT2D eigenvalue weighted by molar-refractivity contribution is -0.116. The number of halogens is 1. The van der Waals surface area contributed by atoms with Crippen LogP contribution in [-0.4, -0.2) is 22.0 Å². The topological polar surface area (TPSA) is 96.0 Å². The third kappa shape index (κ3) is 3.21. The lowest BCUT2D eigenvalue weighted by Crippen LogP contribution is -2.32. The summed E-state index contributed by atoms with van der Waals surface area (Å²) in [6.45, 7) is 0.981. The van der Waals surface area contributed by atoms with E-state index in [0.29, 0.717) is 25.1 Å². The molecular formula is C15H15FN4O3. The molecule has 0 fully saturated rings. The second kappa shape index (κ2) is 6.17. The highest BCUT2D eigenvalue weighted by Crippen LogP contribution is 2.24. The molecule has 0 saturated heterocycles. The van der Waals surface area contributed by atoms with Gasteiger partial charge in [-0.3, -0.25) is 19.1 Å². The van der Waals surface area contributed by atoms with Gasteiger partial charge in [0, 0.05) is 18.8 Å². The molecule has 0 atom stereocenters. The van der Waals surface area contributed by atoms with E-state index in [1.165, 1.54) is 12.3 Å². The summed E-state index contributed by atoms with van der Waals surface area (Å²) in [4.78, 5) is 36.6. The first kappa shape index (κ1) is 15.2. The van der Waals surface area contributed by atoms with E-state index in [2.05, 4.69) is 15.6 Å². The van der Waals surface area contributed by atoms with Crippen LogP contribution in [0.15, 0.2) is 34.0 Å². The fourth-order valence-corrected chi connectivity index (χ4v) is 2.54. The fraction of sp³-hybridized carbons (Fsp3) is 0.267. The number of benzene rings is 1. The predicted octanol–water partition coefficient (Wildman–Crippen LogP) is -0.0399. The van der Waals surface area contributed by atoms with Crippen molar-refractivity contribution in [2.75, 3.05) is 11.9 Å². The normalized spacial score (nSPS) is 13.4. The lowest BCUT2D eigenvalue weighted by Gasteiger charge is -2.19. The predicted molar refractivity (Wildman–Crippen MR) is 81.8 cm³/mol. The Labute approximate surface area is 130 Å². The number of anilines is 1. The summed E-state index contributed by atoms with van der Waals surface area (Å²) in [7, 11) is 0. The van der Waals surface area contributed by atoms with Crippen LogP contribution in [0, 0.1) is 5.82 Å². The summed E-state index contributed by atoms with van der Waals surface area (Å²) in [5.74, 6) is -0.988. The number of hydrogen-bond donors (Lipinski definition) is 3. The number of nitrogens with one attached hydrogen (secondary N) is 3. The minimum absolute atomic E-state index is 0.0909. The van der Waals surface area contributed by atoms with Crippen LogP contribution in [0.25, 0.3) is 0 Å². The van der Waals surface area contributed by atoms with E-state index >= 15 is 0 Å². The number of amides is 1. The fourth-order valence-electron chi connectivity index (χ4n) is 2.54. The summed E-state index contributed by atoms with van der Waals surface area (Å²) in [5, 5.41) is 5.62. The minimum atomic E-state index is -0.690. The van der Waals surface area contributed by atoms with Crippen molar-refractivity contribution in [1.82, 2.24) is 14.9 Å². The molecule has 2 aromatic rings. The van der Waals surface area contributed by atoms with Crippen LogP contribution >= 0.6 is 0 Å². The molecule has 0 bridgehead atoms. The van der Waals surface area contributed by atoms with Gasteiger partial charge in [0.1, 0.15) is 12.4 Å². The first-order chi connectivity index (χ1) is 11.0. The van der Waals surface area contributed by atoms with Gasteiger partial charge in [-0.05, 0) is 30.2 Å². The van der Waals surface area contributed by atoms with Gasteiger partial charge in [0.25, 0.3) is 5.56 Å². The van der Waals surface area contributed by atoms with Crippen LogP contribution in [-0.2, 0) is 24.3 Å². The van der Waals surface area contributed by atoms with E-state index in [1.54, 1.807) is 6.07 Å². The molecule has 0 radical (unpaired) electrons. The summed E-state index contributed by atoms with van der Waals surface area (Å²) in [5.41, 5.74) is 0.338. The average Bonchev–Trinajstić information content (AvgIpc) is 2.53. The van der Waals surface area contributed by atoms with Gasteiger partial charge in [-0.1, -0.05) is 6.07 Å². The largest absolute Gasteiger partial charge is 0.328 e. The van der Waals surface area contributed by atoms with E-state index < -0.39 is 23.0 Å². The molecule has 1 aliphatic heterocycles. The lowest BCUT2D eigenvalue weighted by atomic mass is 9.99. The number of nitrogens with zero attached hydrogens (tertiary/aromatic N) is 1. The van der Waals surface area contributed by atoms with Crippen LogP contribution in [0.3, 0.4) is 0 Å². The van der Waals surface area contributed by atoms with Crippen molar-refractivity contribution in [3.8, 4) is 0 Å². The molecule has 1 aromatic heterocycles. The van der Waals surface area contributed by atoms with Crippen molar-refractivity contribution in [3.63, 3.8) is 0 Å². The Hall–Kier alpha value is -2.74. The number of H-pyrrole nitrogens is 1. The van der Waals surface area contributed by atoms with Crippen molar-refractivity contribution in [2.24, 2.45) is 0 Å². The molecule has 7 nitrogen and oxygen atoms in total. The van der Waals surface area contributed by atoms with Gasteiger partial charge in [0.15, 0.2) is 0 Å². The van der Waals surface area contributed by atoms with Gasteiger partial charge >= 0.3 is 5.69 Å². The molecule has 0 saturated carbocycles. The zero-order chi connectivity index (χ0) is 16.4. The molecule has 1 aromatic carbocycles. The Morgan fingerprint density at radius 1 is 1.30 bits per heavy atom. The molecule has 8 heteroatoms. The monoisotopic (exact) mass is 318 g/mol. The number of hydrogen-bond acceptors (Lipinski definition) is 4. The number of aromatic amines is 1. The second-order valence-electron chi connectivity index (χ2n) is 5.28. The van der Waals surface area contributed by atoms with E-state index in [0.717, 1.165) is 16.2 Å². The highest BCUT2D eigenvalue weighted by Gasteiger charge is 2.17. The third-order valence-corrected chi connectivity index (χ3v) is 3.69. The Balaban J connectivity index is 1.78. The van der Waals surface area contributed by atoms with Gasteiger partial charge < -0.3 is 10.6 Å². The first-order valence-corrected chi connectivity index (χ1v) is 7.15. The Morgan fingerprint density at radius 3 is 2.91 bits per heavy atom. The molecule has 0 aliphatic carbocycles. The van der Waals surface area contributed by atoms with Gasteiger partial charge in [0.2, 0.25) is 5.91 Å². The van der Waals surface area contributed by atoms with Crippen molar-refractivity contribution in [1.29, 1.82) is 0 Å². The van der Waals surface area contributed by atoms with Gasteiger partial charge in [0.05, 0.1) is 5.69 Å². The maximum absolute atomic E-state index is 14.4. The van der Waals surface area contributed by atoms with Crippen LogP contribution in [0.4, 0.5) is 10.1 Å². The number of carbonyl (C=O) groups excluding carboxylic acids is 1. The molecule has 3 N–H and O–H groups in total. The number of carbonyl (C=O) groups is 1. The average molecular weight is 318 g/mol. The molecule has 1 amide bonds. The van der Waals surface area contributed by atoms with Crippen molar-refractivity contribution in [2.45, 2.75) is 19.5 Å². The Morgan fingerprint density at radius 2 is 2.13 bits per heavy atom. The highest BCUT2D eigenvalue weighted by atomic mass is 19.1. The minimum Gasteiger partial charge on any atom is -0.322 e. The summed E-state index contributed by atoms with van der Waals surface area (Å²) in [6, 6.07) is 4.42. The molecule has 0 unspecified atom stereocenters. The van der Waals surface area contributed by atoms with Crippen LogP contribution in [0.1, 0.15) is 11.1 Å². The molecule has 0 spiro atoms. The Kier molecular flexibility index (Phi) is 4.07. The van der Waals surface area contributed by atoms with Crippen LogP contribution in [0.5, 0.6) is 0 Å². The second-order valence-corrected chi connectivity index (χ2v) is 5.28. The third-order valence-electron chi connectivity index (χ3n) is 3.69. The van der Waals surface area contributed by atoms with Gasteiger partial charge in [-0.15, -0.1) is 0 Å². The van der Waals surface area contributed by atoms with Crippen LogP contribution in [0.2, 0.25) is 0 Å². The smallest absolute Gasteiger partial charge is 0.322 e. The molecule has 23 heavy (non-hydrogen) atoms. The number of aromatic nitrogens is 2. The highest BCUT2D eigenvalue weighted by molar-refractivity contribution is 5.90. The maximum Gasteiger partial charge on any atom is 0.328 e. The first-order valence-electron chi connectivity index (χ1n) is 7.15. The van der Waals surface area contributed by atoms with E-state index in [9.17, 15) is 18.8 Å². The summed E-state index contributed by atoms with van der Waals surface area (Å²) < 4.78 is 15.5. The van der Waals surface area contributed by atoms with Crippen molar-refractivity contribution < 1.29 is 9.18 Å². The van der Waals surface area contributed by atoms with Crippen LogP contribution < -0.4 is 21.9 Å². The zero-order valence-corrected chi connectivity index (χ0v) is 12.2. The molecule has 3 rings (SSSR count). The van der Waals surface area contributed by atoms with E-state index in [-0.39, 0.29) is 12.2 Å². The molecular weight excluding hydrogens is 303 g/mol. The Bertz CT molecular complexity index is 872. The zero-order valence-electron chi connectivity index (χ0n) is 12.2. The SMILES string of the molecule is O=C(Cn1ccc(=O)[nH]c1=O)Nc1ccc2c(c1F)CCNC2. The van der Waals surface area contributed by atoms with E-state index in [4.69, 9.17) is 0 Å². The quantitative estimate of drug-likeness (QED) is 0.740. The van der Waals surface area contributed by atoms with E-state index in [1.807, 2.05) is 0 Å². The van der Waals surface area contributed by atoms with Crippen molar-refractivity contribution in [3.05, 3.63) is 62.2 Å². The summed E-state index contributed by atoms with van der Waals surface area (Å²) in [6.07, 6.45) is 1.78. The molecule has 1 aliphatic rings. The maximum atomic E-state index is 14.4. The number of fused-ring (bicyclic) bond motifs is 1. The standard InChI is InChI=1S/C15H15FN4O3/c16-14-10-3-5-17-7-9(10)1-2-11(14)18-13(22)8-20-6-4-12(21)19-15(20)23/h1-2,4,6,17H,3,5,7-8H2,(H,18,22)(H,19,21,23). The van der Waals surface area contributed by atoms with Gasteiger partial charge in [-0.2, -0.15) is 0 Å². The summed E-state index contributed by atoms with van der Waals surface area (Å²) >= 11 is 0.